The molecule has 0 spiro atoms. The number of aromatic nitrogens is 3. The number of hydrogen-bond acceptors (Lipinski definition) is 4. The Morgan fingerprint density at radius 1 is 1.16 bits per heavy atom. The van der Waals surface area contributed by atoms with Crippen LogP contribution in [0.25, 0.3) is 0 Å². The van der Waals surface area contributed by atoms with Gasteiger partial charge in [-0.05, 0) is 49.6 Å². The molecule has 2 aromatic heterocycles. The van der Waals surface area contributed by atoms with E-state index in [1.165, 1.54) is 25.1 Å². The monoisotopic (exact) mass is 439 g/mol. The van der Waals surface area contributed by atoms with Crippen LogP contribution in [0.1, 0.15) is 41.5 Å². The molecule has 1 unspecified atom stereocenters. The predicted molar refractivity (Wildman–Crippen MR) is 112 cm³/mol. The van der Waals surface area contributed by atoms with Gasteiger partial charge in [0, 0.05) is 35.6 Å². The summed E-state index contributed by atoms with van der Waals surface area (Å²) in [7, 11) is 0. The van der Waals surface area contributed by atoms with Gasteiger partial charge in [-0.25, -0.2) is 9.97 Å². The van der Waals surface area contributed by atoms with Crippen molar-refractivity contribution >= 4 is 0 Å². The number of rotatable bonds is 5. The lowest BCUT2D eigenvalue weighted by molar-refractivity contribution is -0.157. The summed E-state index contributed by atoms with van der Waals surface area (Å²) in [5.74, 6) is 7.01. The lowest BCUT2D eigenvalue weighted by Gasteiger charge is -2.25. The molecule has 1 fully saturated rings. The van der Waals surface area contributed by atoms with Gasteiger partial charge in [-0.2, -0.15) is 13.2 Å². The first-order valence-corrected chi connectivity index (χ1v) is 10.1. The molecule has 0 amide bonds. The van der Waals surface area contributed by atoms with Crippen molar-refractivity contribution in [2.45, 2.75) is 38.6 Å². The molecule has 4 rings (SSSR count). The predicted octanol–water partition coefficient (Wildman–Crippen LogP) is 4.44. The summed E-state index contributed by atoms with van der Waals surface area (Å²) in [6.07, 6.45) is 0.566. The third kappa shape index (κ3) is 5.17. The molecule has 1 aliphatic carbocycles. The second-order valence-electron chi connectivity index (χ2n) is 7.60. The fourth-order valence-electron chi connectivity index (χ4n) is 3.29. The molecule has 0 N–H and O–H groups in total. The fraction of sp³-hybridized carbons (Fsp3) is 0.292. The molecule has 2 heterocycles. The van der Waals surface area contributed by atoms with Gasteiger partial charge in [-0.15, -0.1) is 0 Å². The Morgan fingerprint density at radius 2 is 1.84 bits per heavy atom. The molecular weight excluding hydrogens is 419 g/mol. The van der Waals surface area contributed by atoms with E-state index in [0.717, 1.165) is 23.5 Å². The van der Waals surface area contributed by atoms with Crippen molar-refractivity contribution in [2.75, 3.05) is 0 Å². The molecule has 0 radical (unpaired) electrons. The molecule has 1 aromatic carbocycles. The molecule has 32 heavy (non-hydrogen) atoms. The maximum Gasteiger partial charge on any atom is 0.413 e. The van der Waals surface area contributed by atoms with E-state index >= 15 is 0 Å². The average Bonchev–Trinajstić information content (AvgIpc) is 3.58. The Bertz CT molecular complexity index is 1210. The van der Waals surface area contributed by atoms with Crippen molar-refractivity contribution in [2.24, 2.45) is 5.92 Å². The molecule has 1 aliphatic rings. The third-order valence-electron chi connectivity index (χ3n) is 5.01. The van der Waals surface area contributed by atoms with Crippen LogP contribution in [-0.4, -0.2) is 20.7 Å². The zero-order valence-corrected chi connectivity index (χ0v) is 17.3. The second-order valence-corrected chi connectivity index (χ2v) is 7.60. The number of benzene rings is 1. The SMILES string of the molecule is Cc1cc(OCc2ncccn2)cc(=O)n1C(c1ccc(C#CC2CC2)cc1)C(F)(F)F. The maximum absolute atomic E-state index is 14.0. The summed E-state index contributed by atoms with van der Waals surface area (Å²) in [5.41, 5.74) is -0.0705. The highest BCUT2D eigenvalue weighted by atomic mass is 19.4. The number of aryl methyl sites for hydroxylation is 1. The zero-order chi connectivity index (χ0) is 22.7. The topological polar surface area (TPSA) is 57.0 Å². The largest absolute Gasteiger partial charge is 0.485 e. The van der Waals surface area contributed by atoms with Gasteiger partial charge < -0.3 is 4.74 Å². The summed E-state index contributed by atoms with van der Waals surface area (Å²) in [6, 6.07) is 7.84. The molecule has 1 saturated carbocycles. The van der Waals surface area contributed by atoms with E-state index < -0.39 is 17.8 Å². The van der Waals surface area contributed by atoms with Crippen LogP contribution in [0.2, 0.25) is 0 Å². The first kappa shape index (κ1) is 21.6. The van der Waals surface area contributed by atoms with Gasteiger partial charge in [0.25, 0.3) is 5.56 Å². The smallest absolute Gasteiger partial charge is 0.413 e. The number of ether oxygens (including phenoxy) is 1. The Balaban J connectivity index is 1.62. The lowest BCUT2D eigenvalue weighted by Crippen LogP contribution is -2.36. The minimum Gasteiger partial charge on any atom is -0.485 e. The van der Waals surface area contributed by atoms with Crippen molar-refractivity contribution in [1.82, 2.24) is 14.5 Å². The number of nitrogens with zero attached hydrogens (tertiary/aromatic N) is 3. The summed E-state index contributed by atoms with van der Waals surface area (Å²) >= 11 is 0. The van der Waals surface area contributed by atoms with Gasteiger partial charge in [-0.1, -0.05) is 24.0 Å². The van der Waals surface area contributed by atoms with E-state index in [9.17, 15) is 18.0 Å². The lowest BCUT2D eigenvalue weighted by atomic mass is 10.0. The van der Waals surface area contributed by atoms with Crippen molar-refractivity contribution in [3.05, 3.63) is 87.9 Å². The van der Waals surface area contributed by atoms with Crippen LogP contribution in [0, 0.1) is 24.7 Å². The van der Waals surface area contributed by atoms with Gasteiger partial charge in [0.05, 0.1) is 0 Å². The molecule has 8 heteroatoms. The third-order valence-corrected chi connectivity index (χ3v) is 5.01. The van der Waals surface area contributed by atoms with Crippen LogP contribution in [0.3, 0.4) is 0 Å². The molecular formula is C24H20F3N3O2. The van der Waals surface area contributed by atoms with Crippen molar-refractivity contribution in [3.63, 3.8) is 0 Å². The van der Waals surface area contributed by atoms with E-state index in [1.807, 2.05) is 0 Å². The first-order chi connectivity index (χ1) is 15.3. The number of alkyl halides is 3. The van der Waals surface area contributed by atoms with Crippen molar-refractivity contribution in [3.8, 4) is 17.6 Å². The highest BCUT2D eigenvalue weighted by molar-refractivity contribution is 5.39. The quantitative estimate of drug-likeness (QED) is 0.552. The molecule has 1 atom stereocenters. The first-order valence-electron chi connectivity index (χ1n) is 10.1. The van der Waals surface area contributed by atoms with Gasteiger partial charge in [0.15, 0.2) is 11.9 Å². The second kappa shape index (κ2) is 8.87. The summed E-state index contributed by atoms with van der Waals surface area (Å²) < 4.78 is 48.4. The highest BCUT2D eigenvalue weighted by Crippen LogP contribution is 2.36. The van der Waals surface area contributed by atoms with Gasteiger partial charge in [0.1, 0.15) is 12.4 Å². The van der Waals surface area contributed by atoms with E-state index in [2.05, 4.69) is 21.8 Å². The minimum absolute atomic E-state index is 0.00418. The molecule has 5 nitrogen and oxygen atoms in total. The summed E-state index contributed by atoms with van der Waals surface area (Å²) in [6.45, 7) is 1.44. The van der Waals surface area contributed by atoms with Crippen LogP contribution in [0.5, 0.6) is 5.75 Å². The van der Waals surface area contributed by atoms with Gasteiger partial charge in [-0.3, -0.25) is 9.36 Å². The Kier molecular flexibility index (Phi) is 5.99. The number of hydrogen-bond donors (Lipinski definition) is 0. The zero-order valence-electron chi connectivity index (χ0n) is 17.3. The Hall–Kier alpha value is -3.60. The Morgan fingerprint density at radius 3 is 2.44 bits per heavy atom. The maximum atomic E-state index is 14.0. The van der Waals surface area contributed by atoms with Crippen molar-refractivity contribution in [1.29, 1.82) is 0 Å². The van der Waals surface area contributed by atoms with Gasteiger partial charge >= 0.3 is 6.18 Å². The fourth-order valence-corrected chi connectivity index (χ4v) is 3.29. The van der Waals surface area contributed by atoms with Crippen molar-refractivity contribution < 1.29 is 17.9 Å². The van der Waals surface area contributed by atoms with E-state index in [-0.39, 0.29) is 23.6 Å². The molecule has 0 saturated heterocycles. The molecule has 0 bridgehead atoms. The van der Waals surface area contributed by atoms with E-state index in [1.54, 1.807) is 30.6 Å². The van der Waals surface area contributed by atoms with Crippen LogP contribution in [0.4, 0.5) is 13.2 Å². The molecule has 164 valence electrons. The Labute approximate surface area is 182 Å². The number of halogens is 3. The van der Waals surface area contributed by atoms with Crippen LogP contribution >= 0.6 is 0 Å². The van der Waals surface area contributed by atoms with Gasteiger partial charge in [0.2, 0.25) is 0 Å². The standard InChI is InChI=1S/C24H20F3N3O2/c1-16-13-20(32-15-21-28-11-2-12-29-21)14-22(31)30(16)23(24(25,26)27)19-9-7-18(8-10-19)6-5-17-3-4-17/h2,7-14,17,23H,3-4,15H2,1H3. The highest BCUT2D eigenvalue weighted by Gasteiger charge is 2.43. The minimum atomic E-state index is -4.67. The summed E-state index contributed by atoms with van der Waals surface area (Å²) in [5, 5.41) is 0. The summed E-state index contributed by atoms with van der Waals surface area (Å²) in [4.78, 5) is 20.7. The van der Waals surface area contributed by atoms with Crippen LogP contribution in [0.15, 0.2) is 59.7 Å². The molecule has 3 aromatic rings. The van der Waals surface area contributed by atoms with E-state index in [4.69, 9.17) is 4.74 Å². The van der Waals surface area contributed by atoms with E-state index in [0.29, 0.717) is 17.3 Å². The normalized spacial score (nSPS) is 14.4. The van der Waals surface area contributed by atoms with Crippen LogP contribution in [-0.2, 0) is 6.61 Å². The van der Waals surface area contributed by atoms with Crippen LogP contribution < -0.4 is 10.3 Å². The average molecular weight is 439 g/mol. The number of pyridine rings is 1. The molecule has 0 aliphatic heterocycles.